The van der Waals surface area contributed by atoms with Crippen LogP contribution in [0.25, 0.3) is 0 Å². The molecule has 1 rings (SSSR count). The summed E-state index contributed by atoms with van der Waals surface area (Å²) in [5.41, 5.74) is 2.74. The van der Waals surface area contributed by atoms with Gasteiger partial charge >= 0.3 is 6.16 Å². The molecule has 0 saturated carbocycles. The van der Waals surface area contributed by atoms with Gasteiger partial charge in [0.25, 0.3) is 0 Å². The molecule has 0 radical (unpaired) electrons. The van der Waals surface area contributed by atoms with Gasteiger partial charge in [-0.3, -0.25) is 0 Å². The van der Waals surface area contributed by atoms with Crippen LogP contribution in [0.1, 0.15) is 11.1 Å². The number of hydrogen-bond acceptors (Lipinski definition) is 1. The molecule has 0 saturated heterocycles. The highest BCUT2D eigenvalue weighted by Crippen LogP contribution is 2.02. The lowest BCUT2D eigenvalue weighted by molar-refractivity contribution is 0.137. The maximum atomic E-state index is 8.56. The van der Waals surface area contributed by atoms with Gasteiger partial charge in [-0.2, -0.15) is 0 Å². The Kier molecular flexibility index (Phi) is 4.53. The number of carbonyl (C=O) groups is 1. The minimum Gasteiger partial charge on any atom is -0.450 e. The molecule has 0 unspecified atom stereocenters. The van der Waals surface area contributed by atoms with Crippen LogP contribution in [0.5, 0.6) is 0 Å². The Hall–Kier alpha value is -1.51. The van der Waals surface area contributed by atoms with Crippen molar-refractivity contribution in [1.29, 1.82) is 0 Å². The Morgan fingerprint density at radius 3 is 1.50 bits per heavy atom. The molecule has 66 valence electrons. The molecule has 1 aromatic carbocycles. The number of carboxylic acid groups (broad SMARTS) is 2. The molecule has 0 aliphatic heterocycles. The number of aryl methyl sites for hydroxylation is 2. The van der Waals surface area contributed by atoms with Crippen molar-refractivity contribution in [2.24, 2.45) is 0 Å². The molecule has 0 atom stereocenters. The van der Waals surface area contributed by atoms with Gasteiger partial charge in [0.05, 0.1) is 0 Å². The number of benzene rings is 1. The van der Waals surface area contributed by atoms with Gasteiger partial charge < -0.3 is 10.2 Å². The van der Waals surface area contributed by atoms with Gasteiger partial charge in [0.15, 0.2) is 0 Å². The van der Waals surface area contributed by atoms with E-state index in [2.05, 4.69) is 38.1 Å². The van der Waals surface area contributed by atoms with E-state index in [0.29, 0.717) is 0 Å². The van der Waals surface area contributed by atoms with Crippen molar-refractivity contribution >= 4 is 6.16 Å². The summed E-state index contributed by atoms with van der Waals surface area (Å²) in [6.07, 6.45) is -1.83. The minimum atomic E-state index is -1.83. The first-order valence-electron chi connectivity index (χ1n) is 3.48. The third-order valence-electron chi connectivity index (χ3n) is 1.43. The van der Waals surface area contributed by atoms with E-state index in [9.17, 15) is 0 Å². The van der Waals surface area contributed by atoms with Crippen molar-refractivity contribution in [2.45, 2.75) is 13.8 Å². The van der Waals surface area contributed by atoms with Crippen LogP contribution >= 0.6 is 0 Å². The van der Waals surface area contributed by atoms with Gasteiger partial charge in [-0.05, 0) is 25.0 Å². The zero-order chi connectivity index (χ0) is 9.56. The van der Waals surface area contributed by atoms with Crippen LogP contribution in [0.3, 0.4) is 0 Å². The highest BCUT2D eigenvalue weighted by atomic mass is 16.6. The van der Waals surface area contributed by atoms with Crippen molar-refractivity contribution in [3.63, 3.8) is 0 Å². The van der Waals surface area contributed by atoms with Crippen LogP contribution in [0.2, 0.25) is 0 Å². The Morgan fingerprint density at radius 2 is 1.33 bits per heavy atom. The predicted octanol–water partition coefficient (Wildman–Crippen LogP) is 2.53. The fraction of sp³-hybridized carbons (Fsp3) is 0.222. The molecule has 3 heteroatoms. The first kappa shape index (κ1) is 10.5. The molecule has 0 heterocycles. The molecular formula is C9H12O3. The second kappa shape index (κ2) is 5.18. The monoisotopic (exact) mass is 168 g/mol. The van der Waals surface area contributed by atoms with Crippen LogP contribution < -0.4 is 0 Å². The molecule has 2 N–H and O–H groups in total. The topological polar surface area (TPSA) is 57.5 Å². The van der Waals surface area contributed by atoms with Crippen LogP contribution in [-0.2, 0) is 0 Å². The van der Waals surface area contributed by atoms with Crippen LogP contribution in [0.15, 0.2) is 24.3 Å². The van der Waals surface area contributed by atoms with Crippen LogP contribution in [-0.4, -0.2) is 16.4 Å². The molecule has 0 bridgehead atoms. The van der Waals surface area contributed by atoms with E-state index < -0.39 is 6.16 Å². The van der Waals surface area contributed by atoms with Gasteiger partial charge in [0, 0.05) is 0 Å². The molecule has 0 amide bonds. The highest BCUT2D eigenvalue weighted by molar-refractivity contribution is 5.53. The van der Waals surface area contributed by atoms with Gasteiger partial charge in [0.1, 0.15) is 0 Å². The molecule has 0 fully saturated rings. The van der Waals surface area contributed by atoms with Crippen LogP contribution in [0, 0.1) is 13.8 Å². The molecule has 12 heavy (non-hydrogen) atoms. The Labute approximate surface area is 71.3 Å². The summed E-state index contributed by atoms with van der Waals surface area (Å²) in [5, 5.41) is 13.9. The Balaban J connectivity index is 0.000000261. The summed E-state index contributed by atoms with van der Waals surface area (Å²) in [4.78, 5) is 8.56. The standard InChI is InChI=1S/C8H10.CH2O3/c1-7-5-3-4-6-8(7)2;2-1(3)4/h3-6H,1-2H3;(H2,2,3,4). The molecule has 0 aliphatic carbocycles. The quantitative estimate of drug-likeness (QED) is 0.625. The molecule has 1 aromatic rings. The van der Waals surface area contributed by atoms with Crippen LogP contribution in [0.4, 0.5) is 4.79 Å². The van der Waals surface area contributed by atoms with Gasteiger partial charge in [0.2, 0.25) is 0 Å². The van der Waals surface area contributed by atoms with E-state index >= 15 is 0 Å². The second-order valence-electron chi connectivity index (χ2n) is 2.37. The third-order valence-corrected chi connectivity index (χ3v) is 1.43. The SMILES string of the molecule is Cc1ccccc1C.O=C(O)O. The molecule has 0 spiro atoms. The zero-order valence-electron chi connectivity index (χ0n) is 7.11. The zero-order valence-corrected chi connectivity index (χ0v) is 7.11. The lowest BCUT2D eigenvalue weighted by atomic mass is 10.1. The molecular weight excluding hydrogens is 156 g/mol. The van der Waals surface area contributed by atoms with E-state index in [1.807, 2.05) is 0 Å². The van der Waals surface area contributed by atoms with E-state index in [-0.39, 0.29) is 0 Å². The normalized spacial score (nSPS) is 8.17. The van der Waals surface area contributed by atoms with Gasteiger partial charge in [-0.25, -0.2) is 4.79 Å². The average Bonchev–Trinajstić information content (AvgIpc) is 1.94. The minimum absolute atomic E-state index is 1.37. The Morgan fingerprint density at radius 1 is 1.08 bits per heavy atom. The fourth-order valence-corrected chi connectivity index (χ4v) is 0.663. The molecule has 0 aromatic heterocycles. The summed E-state index contributed by atoms with van der Waals surface area (Å²) in [6, 6.07) is 8.36. The van der Waals surface area contributed by atoms with Crippen molar-refractivity contribution in [3.8, 4) is 0 Å². The average molecular weight is 168 g/mol. The largest absolute Gasteiger partial charge is 0.503 e. The summed E-state index contributed by atoms with van der Waals surface area (Å²) in [7, 11) is 0. The van der Waals surface area contributed by atoms with Crippen molar-refractivity contribution in [2.75, 3.05) is 0 Å². The molecule has 0 aliphatic rings. The maximum Gasteiger partial charge on any atom is 0.503 e. The first-order chi connectivity index (χ1) is 5.54. The second-order valence-corrected chi connectivity index (χ2v) is 2.37. The summed E-state index contributed by atoms with van der Waals surface area (Å²) >= 11 is 0. The van der Waals surface area contributed by atoms with Crippen molar-refractivity contribution < 1.29 is 15.0 Å². The Bertz CT molecular complexity index is 231. The summed E-state index contributed by atoms with van der Waals surface area (Å²) in [6.45, 7) is 4.24. The first-order valence-corrected chi connectivity index (χ1v) is 3.48. The summed E-state index contributed by atoms with van der Waals surface area (Å²) < 4.78 is 0. The van der Waals surface area contributed by atoms with E-state index in [1.54, 1.807) is 0 Å². The lowest BCUT2D eigenvalue weighted by Crippen LogP contribution is -1.81. The van der Waals surface area contributed by atoms with E-state index in [4.69, 9.17) is 15.0 Å². The fourth-order valence-electron chi connectivity index (χ4n) is 0.663. The highest BCUT2D eigenvalue weighted by Gasteiger charge is 1.83. The molecule has 3 nitrogen and oxygen atoms in total. The lowest BCUT2D eigenvalue weighted by Gasteiger charge is -1.93. The maximum absolute atomic E-state index is 8.56. The van der Waals surface area contributed by atoms with Crippen molar-refractivity contribution in [1.82, 2.24) is 0 Å². The smallest absolute Gasteiger partial charge is 0.450 e. The van der Waals surface area contributed by atoms with Gasteiger partial charge in [-0.1, -0.05) is 24.3 Å². The van der Waals surface area contributed by atoms with E-state index in [1.165, 1.54) is 11.1 Å². The number of hydrogen-bond donors (Lipinski definition) is 2. The predicted molar refractivity (Wildman–Crippen MR) is 46.6 cm³/mol. The number of rotatable bonds is 0. The van der Waals surface area contributed by atoms with Crippen molar-refractivity contribution in [3.05, 3.63) is 35.4 Å². The third kappa shape index (κ3) is 5.29. The van der Waals surface area contributed by atoms with Gasteiger partial charge in [-0.15, -0.1) is 0 Å². The van der Waals surface area contributed by atoms with E-state index in [0.717, 1.165) is 0 Å². The summed E-state index contributed by atoms with van der Waals surface area (Å²) in [5.74, 6) is 0.